The molecule has 2 aromatic rings. The minimum atomic E-state index is -0.397. The van der Waals surface area contributed by atoms with Gasteiger partial charge in [0, 0.05) is 24.4 Å². The van der Waals surface area contributed by atoms with Crippen LogP contribution in [-0.4, -0.2) is 24.5 Å². The van der Waals surface area contributed by atoms with Crippen LogP contribution < -0.4 is 11.1 Å². The maximum absolute atomic E-state index is 11.2. The summed E-state index contributed by atoms with van der Waals surface area (Å²) in [5.41, 5.74) is 9.20. The number of primary amides is 1. The molecule has 110 valence electrons. The third-order valence-corrected chi connectivity index (χ3v) is 3.86. The third-order valence-electron chi connectivity index (χ3n) is 3.25. The molecule has 0 aliphatic rings. The number of thioether (sulfide) groups is 1. The van der Waals surface area contributed by atoms with Crippen LogP contribution >= 0.6 is 11.8 Å². The van der Waals surface area contributed by atoms with Crippen LogP contribution in [0.3, 0.4) is 0 Å². The van der Waals surface area contributed by atoms with Crippen molar-refractivity contribution >= 4 is 17.7 Å². The molecule has 0 bridgehead atoms. The van der Waals surface area contributed by atoms with Gasteiger partial charge in [-0.25, -0.2) is 0 Å². The van der Waals surface area contributed by atoms with Gasteiger partial charge in [0.05, 0.1) is 0 Å². The van der Waals surface area contributed by atoms with Crippen molar-refractivity contribution in [1.82, 2.24) is 5.32 Å². The molecule has 0 unspecified atom stereocenters. The molecule has 0 aliphatic carbocycles. The van der Waals surface area contributed by atoms with E-state index in [1.54, 1.807) is 6.07 Å². The summed E-state index contributed by atoms with van der Waals surface area (Å²) >= 11 is 1.84. The van der Waals surface area contributed by atoms with E-state index in [9.17, 15) is 4.79 Å². The first-order valence-electron chi connectivity index (χ1n) is 6.89. The summed E-state index contributed by atoms with van der Waals surface area (Å²) in [4.78, 5) is 11.2. The number of hydrogen-bond donors (Lipinski definition) is 2. The molecule has 3 N–H and O–H groups in total. The summed E-state index contributed by atoms with van der Waals surface area (Å²) in [5.74, 6) is 0.726. The summed E-state index contributed by atoms with van der Waals surface area (Å²) in [6.07, 6.45) is 2.11. The molecule has 0 saturated carbocycles. The van der Waals surface area contributed by atoms with E-state index >= 15 is 0 Å². The van der Waals surface area contributed by atoms with Gasteiger partial charge in [-0.15, -0.1) is 0 Å². The van der Waals surface area contributed by atoms with Gasteiger partial charge in [0.1, 0.15) is 0 Å². The minimum Gasteiger partial charge on any atom is -0.366 e. The van der Waals surface area contributed by atoms with Gasteiger partial charge in [-0.3, -0.25) is 4.79 Å². The van der Waals surface area contributed by atoms with E-state index in [-0.39, 0.29) is 0 Å². The zero-order valence-electron chi connectivity index (χ0n) is 12.1. The van der Waals surface area contributed by atoms with E-state index in [2.05, 4.69) is 35.8 Å². The Kier molecular flexibility index (Phi) is 5.84. The Morgan fingerprint density at radius 1 is 1.14 bits per heavy atom. The van der Waals surface area contributed by atoms with Crippen molar-refractivity contribution in [3.63, 3.8) is 0 Å². The van der Waals surface area contributed by atoms with Crippen LogP contribution in [0.5, 0.6) is 0 Å². The molecule has 0 spiro atoms. The lowest BCUT2D eigenvalue weighted by molar-refractivity contribution is 0.100. The smallest absolute Gasteiger partial charge is 0.248 e. The number of benzene rings is 2. The average Bonchev–Trinajstić information content (AvgIpc) is 2.52. The second kappa shape index (κ2) is 7.86. The lowest BCUT2D eigenvalue weighted by atomic mass is 10.0. The molecule has 1 amide bonds. The number of hydrogen-bond acceptors (Lipinski definition) is 3. The lowest BCUT2D eigenvalue weighted by Gasteiger charge is -2.07. The molecule has 0 heterocycles. The normalized spacial score (nSPS) is 10.5. The summed E-state index contributed by atoms with van der Waals surface area (Å²) < 4.78 is 0. The highest BCUT2D eigenvalue weighted by Crippen LogP contribution is 2.21. The van der Waals surface area contributed by atoms with Crippen molar-refractivity contribution in [2.45, 2.75) is 6.54 Å². The zero-order valence-corrected chi connectivity index (χ0v) is 13.0. The van der Waals surface area contributed by atoms with E-state index in [1.165, 1.54) is 5.56 Å². The Bertz CT molecular complexity index is 596. The maximum atomic E-state index is 11.2. The Morgan fingerprint density at radius 2 is 1.90 bits per heavy atom. The fraction of sp³-hybridized carbons (Fsp3) is 0.235. The number of rotatable bonds is 7. The summed E-state index contributed by atoms with van der Waals surface area (Å²) in [6.45, 7) is 1.89. The Labute approximate surface area is 129 Å². The first kappa shape index (κ1) is 15.6. The summed E-state index contributed by atoms with van der Waals surface area (Å²) in [7, 11) is 0. The molecule has 0 aromatic heterocycles. The predicted octanol–water partition coefficient (Wildman–Crippen LogP) is 2.91. The third kappa shape index (κ3) is 4.62. The first-order chi connectivity index (χ1) is 10.2. The Morgan fingerprint density at radius 3 is 2.57 bits per heavy atom. The molecular formula is C17H20N2OS. The summed E-state index contributed by atoms with van der Waals surface area (Å²) in [5, 5.41) is 3.40. The van der Waals surface area contributed by atoms with Crippen LogP contribution in [0.15, 0.2) is 48.5 Å². The monoisotopic (exact) mass is 300 g/mol. The molecule has 0 fully saturated rings. The number of carbonyl (C=O) groups excluding carboxylic acids is 1. The lowest BCUT2D eigenvalue weighted by Crippen LogP contribution is -2.16. The zero-order chi connectivity index (χ0) is 15.1. The van der Waals surface area contributed by atoms with Crippen molar-refractivity contribution < 1.29 is 4.79 Å². The second-order valence-corrected chi connectivity index (χ2v) is 5.80. The van der Waals surface area contributed by atoms with Crippen LogP contribution in [0.25, 0.3) is 11.1 Å². The van der Waals surface area contributed by atoms with Gasteiger partial charge >= 0.3 is 0 Å². The standard InChI is InChI=1S/C17H20N2OS/c1-21-10-9-19-12-13-5-7-14(8-6-13)15-3-2-4-16(11-15)17(18)20/h2-8,11,19H,9-10,12H2,1H3,(H2,18,20). The van der Waals surface area contributed by atoms with Crippen LogP contribution in [0.1, 0.15) is 15.9 Å². The van der Waals surface area contributed by atoms with Crippen LogP contribution in [0.2, 0.25) is 0 Å². The number of nitrogens with two attached hydrogens (primary N) is 1. The van der Waals surface area contributed by atoms with Gasteiger partial charge in [-0.1, -0.05) is 36.4 Å². The quantitative estimate of drug-likeness (QED) is 0.773. The molecule has 0 radical (unpaired) electrons. The molecule has 0 atom stereocenters. The molecule has 0 aliphatic heterocycles. The highest BCUT2D eigenvalue weighted by molar-refractivity contribution is 7.98. The fourth-order valence-electron chi connectivity index (χ4n) is 2.07. The van der Waals surface area contributed by atoms with Crippen LogP contribution in [0, 0.1) is 0 Å². The topological polar surface area (TPSA) is 55.1 Å². The predicted molar refractivity (Wildman–Crippen MR) is 90.5 cm³/mol. The molecule has 3 nitrogen and oxygen atoms in total. The molecule has 4 heteroatoms. The maximum Gasteiger partial charge on any atom is 0.248 e. The molecule has 0 saturated heterocycles. The molecule has 2 aromatic carbocycles. The highest BCUT2D eigenvalue weighted by atomic mass is 32.2. The van der Waals surface area contributed by atoms with Gasteiger partial charge in [0.15, 0.2) is 0 Å². The minimum absolute atomic E-state index is 0.397. The Balaban J connectivity index is 2.04. The van der Waals surface area contributed by atoms with Gasteiger partial charge in [-0.05, 0) is 35.1 Å². The number of nitrogens with one attached hydrogen (secondary N) is 1. The van der Waals surface area contributed by atoms with Crippen molar-refractivity contribution in [1.29, 1.82) is 0 Å². The fourth-order valence-corrected chi connectivity index (χ4v) is 2.42. The van der Waals surface area contributed by atoms with E-state index in [0.29, 0.717) is 5.56 Å². The van der Waals surface area contributed by atoms with Gasteiger partial charge < -0.3 is 11.1 Å². The first-order valence-corrected chi connectivity index (χ1v) is 8.29. The number of carbonyl (C=O) groups is 1. The number of amides is 1. The average molecular weight is 300 g/mol. The highest BCUT2D eigenvalue weighted by Gasteiger charge is 2.03. The van der Waals surface area contributed by atoms with E-state index in [4.69, 9.17) is 5.73 Å². The largest absolute Gasteiger partial charge is 0.366 e. The van der Waals surface area contributed by atoms with Gasteiger partial charge in [-0.2, -0.15) is 11.8 Å². The van der Waals surface area contributed by atoms with Crippen molar-refractivity contribution in [2.24, 2.45) is 5.73 Å². The van der Waals surface area contributed by atoms with Crippen molar-refractivity contribution in [3.8, 4) is 11.1 Å². The molecule has 21 heavy (non-hydrogen) atoms. The SMILES string of the molecule is CSCCNCc1ccc(-c2cccc(C(N)=O)c2)cc1. The molecular weight excluding hydrogens is 280 g/mol. The summed E-state index contributed by atoms with van der Waals surface area (Å²) in [6, 6.07) is 15.8. The second-order valence-electron chi connectivity index (χ2n) is 4.81. The van der Waals surface area contributed by atoms with E-state index in [1.807, 2.05) is 30.0 Å². The van der Waals surface area contributed by atoms with Gasteiger partial charge in [0.25, 0.3) is 0 Å². The van der Waals surface area contributed by atoms with Gasteiger partial charge in [0.2, 0.25) is 5.91 Å². The van der Waals surface area contributed by atoms with Crippen LogP contribution in [-0.2, 0) is 6.54 Å². The molecule has 2 rings (SSSR count). The van der Waals surface area contributed by atoms with Crippen molar-refractivity contribution in [2.75, 3.05) is 18.6 Å². The Hall–Kier alpha value is -1.78. The van der Waals surface area contributed by atoms with E-state index < -0.39 is 5.91 Å². The van der Waals surface area contributed by atoms with Crippen molar-refractivity contribution in [3.05, 3.63) is 59.7 Å². The van der Waals surface area contributed by atoms with Crippen LogP contribution in [0.4, 0.5) is 0 Å². The van der Waals surface area contributed by atoms with E-state index in [0.717, 1.165) is 30.0 Å².